The number of nitrogens with zero attached hydrogens (tertiary/aromatic N) is 3. The number of hydrogen-bond donors (Lipinski definition) is 2. The number of carbonyl (C=O) groups excluding carboxylic acids is 2. The molecule has 0 spiro atoms. The largest absolute Gasteiger partial charge is 0.347 e. The summed E-state index contributed by atoms with van der Waals surface area (Å²) in [6.07, 6.45) is 2.78. The van der Waals surface area contributed by atoms with E-state index in [1.54, 1.807) is 6.20 Å². The molecule has 2 N–H and O–H groups in total. The molecule has 1 aromatic heterocycles. The molecule has 1 aromatic rings. The zero-order chi connectivity index (χ0) is 15.8. The monoisotopic (exact) mass is 295 g/mol. The second-order valence-corrected chi connectivity index (χ2v) is 5.50. The van der Waals surface area contributed by atoms with Gasteiger partial charge in [-0.15, -0.1) is 5.10 Å². The van der Waals surface area contributed by atoms with Gasteiger partial charge in [-0.2, -0.15) is 0 Å². The molecule has 1 atom stereocenters. The summed E-state index contributed by atoms with van der Waals surface area (Å²) in [5, 5.41) is 13.8. The molecule has 7 heteroatoms. The summed E-state index contributed by atoms with van der Waals surface area (Å²) in [6, 6.07) is 0.417. The van der Waals surface area contributed by atoms with E-state index < -0.39 is 0 Å². The van der Waals surface area contributed by atoms with Crippen LogP contribution >= 0.6 is 0 Å². The smallest absolute Gasteiger partial charge is 0.242 e. The van der Waals surface area contributed by atoms with E-state index in [0.717, 1.165) is 12.1 Å². The van der Waals surface area contributed by atoms with Gasteiger partial charge in [0.1, 0.15) is 6.54 Å². The van der Waals surface area contributed by atoms with Crippen LogP contribution in [0.15, 0.2) is 6.20 Å². The SMILES string of the molecule is CCC(C)NCc1cn(CC(=O)NCC(=O)C(C)C)nn1. The fourth-order valence-electron chi connectivity index (χ4n) is 1.51. The number of rotatable bonds is 9. The summed E-state index contributed by atoms with van der Waals surface area (Å²) in [7, 11) is 0. The number of carbonyl (C=O) groups is 2. The zero-order valence-electron chi connectivity index (χ0n) is 13.2. The maximum absolute atomic E-state index is 11.7. The Balaban J connectivity index is 2.36. The highest BCUT2D eigenvalue weighted by Crippen LogP contribution is 1.96. The van der Waals surface area contributed by atoms with Gasteiger partial charge in [-0.3, -0.25) is 9.59 Å². The molecule has 0 saturated heterocycles. The van der Waals surface area contributed by atoms with Gasteiger partial charge in [0.15, 0.2) is 5.78 Å². The topological polar surface area (TPSA) is 88.9 Å². The van der Waals surface area contributed by atoms with Crippen molar-refractivity contribution < 1.29 is 9.59 Å². The summed E-state index contributed by atoms with van der Waals surface area (Å²) < 4.78 is 1.48. The minimum absolute atomic E-state index is 0.0142. The number of amides is 1. The van der Waals surface area contributed by atoms with Crippen LogP contribution in [0.5, 0.6) is 0 Å². The van der Waals surface area contributed by atoms with E-state index in [9.17, 15) is 9.59 Å². The standard InChI is InChI=1S/C14H25N5O2/c1-5-11(4)15-6-12-8-19(18-17-12)9-14(21)16-7-13(20)10(2)3/h8,10-11,15H,5-7,9H2,1-4H3,(H,16,21). The molecule has 1 rings (SSSR count). The van der Waals surface area contributed by atoms with Crippen molar-refractivity contribution >= 4 is 11.7 Å². The summed E-state index contributed by atoms with van der Waals surface area (Å²) in [5.41, 5.74) is 0.793. The summed E-state index contributed by atoms with van der Waals surface area (Å²) >= 11 is 0. The van der Waals surface area contributed by atoms with Crippen LogP contribution < -0.4 is 10.6 Å². The lowest BCUT2D eigenvalue weighted by Crippen LogP contribution is -2.34. The lowest BCUT2D eigenvalue weighted by Gasteiger charge is -2.08. The molecular weight excluding hydrogens is 270 g/mol. The predicted molar refractivity (Wildman–Crippen MR) is 79.5 cm³/mol. The normalized spacial score (nSPS) is 12.4. The van der Waals surface area contributed by atoms with Crippen molar-refractivity contribution in [2.75, 3.05) is 6.54 Å². The second kappa shape index (κ2) is 8.51. The van der Waals surface area contributed by atoms with Gasteiger partial charge in [0.05, 0.1) is 18.4 Å². The first-order valence-electron chi connectivity index (χ1n) is 7.34. The van der Waals surface area contributed by atoms with Crippen LogP contribution in [0.1, 0.15) is 39.8 Å². The molecule has 1 amide bonds. The van der Waals surface area contributed by atoms with Crippen LogP contribution in [0.2, 0.25) is 0 Å². The molecule has 118 valence electrons. The Morgan fingerprint density at radius 1 is 1.33 bits per heavy atom. The maximum Gasteiger partial charge on any atom is 0.242 e. The van der Waals surface area contributed by atoms with E-state index in [4.69, 9.17) is 0 Å². The first-order chi connectivity index (χ1) is 9.92. The minimum Gasteiger partial charge on any atom is -0.347 e. The third-order valence-electron chi connectivity index (χ3n) is 3.24. The highest BCUT2D eigenvalue weighted by atomic mass is 16.2. The van der Waals surface area contributed by atoms with Crippen molar-refractivity contribution in [3.63, 3.8) is 0 Å². The van der Waals surface area contributed by atoms with Gasteiger partial charge in [0, 0.05) is 18.5 Å². The van der Waals surface area contributed by atoms with Crippen LogP contribution in [-0.2, 0) is 22.7 Å². The number of ketones is 1. The fraction of sp³-hybridized carbons (Fsp3) is 0.714. The molecular formula is C14H25N5O2. The second-order valence-electron chi connectivity index (χ2n) is 5.50. The van der Waals surface area contributed by atoms with Crippen molar-refractivity contribution in [3.05, 3.63) is 11.9 Å². The molecule has 1 heterocycles. The van der Waals surface area contributed by atoms with E-state index in [-0.39, 0.29) is 30.7 Å². The Hall–Kier alpha value is -1.76. The molecule has 0 aromatic carbocycles. The average Bonchev–Trinajstić information content (AvgIpc) is 2.89. The van der Waals surface area contributed by atoms with Crippen LogP contribution in [0, 0.1) is 5.92 Å². The van der Waals surface area contributed by atoms with Crippen molar-refractivity contribution in [2.45, 2.75) is 53.2 Å². The lowest BCUT2D eigenvalue weighted by atomic mass is 10.1. The lowest BCUT2D eigenvalue weighted by molar-refractivity contribution is -0.126. The molecule has 0 aliphatic carbocycles. The van der Waals surface area contributed by atoms with Gasteiger partial charge < -0.3 is 10.6 Å². The molecule has 21 heavy (non-hydrogen) atoms. The molecule has 0 radical (unpaired) electrons. The van der Waals surface area contributed by atoms with Crippen LogP contribution in [0.25, 0.3) is 0 Å². The van der Waals surface area contributed by atoms with Gasteiger partial charge in [0.2, 0.25) is 5.91 Å². The number of nitrogens with one attached hydrogen (secondary N) is 2. The van der Waals surface area contributed by atoms with E-state index >= 15 is 0 Å². The van der Waals surface area contributed by atoms with E-state index in [2.05, 4.69) is 34.8 Å². The number of aromatic nitrogens is 3. The van der Waals surface area contributed by atoms with Gasteiger partial charge in [-0.25, -0.2) is 4.68 Å². The Morgan fingerprint density at radius 3 is 2.67 bits per heavy atom. The highest BCUT2D eigenvalue weighted by Gasteiger charge is 2.10. The first-order valence-corrected chi connectivity index (χ1v) is 7.34. The van der Waals surface area contributed by atoms with Gasteiger partial charge in [0.25, 0.3) is 0 Å². The minimum atomic E-state index is -0.240. The third kappa shape index (κ3) is 6.48. The molecule has 1 unspecified atom stereocenters. The Labute approximate surface area is 125 Å². The van der Waals surface area contributed by atoms with Gasteiger partial charge in [-0.1, -0.05) is 26.0 Å². The summed E-state index contributed by atoms with van der Waals surface area (Å²) in [5.74, 6) is -0.300. The maximum atomic E-state index is 11.7. The van der Waals surface area contributed by atoms with Crippen molar-refractivity contribution in [2.24, 2.45) is 5.92 Å². The molecule has 7 nitrogen and oxygen atoms in total. The predicted octanol–water partition coefficient (Wildman–Crippen LogP) is 0.508. The van der Waals surface area contributed by atoms with E-state index in [0.29, 0.717) is 12.6 Å². The third-order valence-corrected chi connectivity index (χ3v) is 3.24. The van der Waals surface area contributed by atoms with E-state index in [1.165, 1.54) is 4.68 Å². The average molecular weight is 295 g/mol. The van der Waals surface area contributed by atoms with Crippen molar-refractivity contribution in [1.29, 1.82) is 0 Å². The Kier molecular flexibility index (Phi) is 7.01. The molecule has 0 bridgehead atoms. The molecule has 0 fully saturated rings. The molecule has 0 aliphatic heterocycles. The van der Waals surface area contributed by atoms with Crippen molar-refractivity contribution in [3.8, 4) is 0 Å². The first kappa shape index (κ1) is 17.3. The van der Waals surface area contributed by atoms with E-state index in [1.807, 2.05) is 13.8 Å². The summed E-state index contributed by atoms with van der Waals surface area (Å²) in [4.78, 5) is 23.1. The highest BCUT2D eigenvalue weighted by molar-refractivity contribution is 5.86. The van der Waals surface area contributed by atoms with Crippen LogP contribution in [0.4, 0.5) is 0 Å². The zero-order valence-corrected chi connectivity index (χ0v) is 13.2. The van der Waals surface area contributed by atoms with Gasteiger partial charge in [-0.05, 0) is 13.3 Å². The Bertz CT molecular complexity index is 470. The quantitative estimate of drug-likeness (QED) is 0.693. The number of hydrogen-bond acceptors (Lipinski definition) is 5. The van der Waals surface area contributed by atoms with Crippen molar-refractivity contribution in [1.82, 2.24) is 25.6 Å². The van der Waals surface area contributed by atoms with Crippen LogP contribution in [-0.4, -0.2) is 39.3 Å². The Morgan fingerprint density at radius 2 is 2.05 bits per heavy atom. The van der Waals surface area contributed by atoms with Crippen LogP contribution in [0.3, 0.4) is 0 Å². The molecule has 0 saturated carbocycles. The van der Waals surface area contributed by atoms with Gasteiger partial charge >= 0.3 is 0 Å². The summed E-state index contributed by atoms with van der Waals surface area (Å²) in [6.45, 7) is 8.59. The number of Topliss-reactive ketones (excluding diaryl/α,β-unsaturated/α-hetero) is 1. The molecule has 0 aliphatic rings. The fourth-order valence-corrected chi connectivity index (χ4v) is 1.51.